The van der Waals surface area contributed by atoms with Gasteiger partial charge in [-0.25, -0.2) is 4.98 Å². The van der Waals surface area contributed by atoms with Crippen molar-refractivity contribution >= 4 is 17.4 Å². The zero-order valence-electron chi connectivity index (χ0n) is 11.2. The van der Waals surface area contributed by atoms with Gasteiger partial charge in [-0.2, -0.15) is 0 Å². The highest BCUT2D eigenvalue weighted by Gasteiger charge is 2.16. The average molecular weight is 273 g/mol. The molecule has 0 radical (unpaired) electrons. The van der Waals surface area contributed by atoms with E-state index in [1.54, 1.807) is 49.3 Å². The quantitative estimate of drug-likeness (QED) is 0.374. The number of anilines is 1. The van der Waals surface area contributed by atoms with E-state index in [4.69, 9.17) is 10.9 Å². The molecule has 2 aromatic rings. The summed E-state index contributed by atoms with van der Waals surface area (Å²) in [6, 6.07) is 6.80. The molecule has 0 aliphatic rings. The highest BCUT2D eigenvalue weighted by molar-refractivity contribution is 6.05. The molecule has 2 rings (SSSR count). The van der Waals surface area contributed by atoms with E-state index >= 15 is 0 Å². The normalized spacial score (nSPS) is 11.4. The maximum atomic E-state index is 12.3. The maximum Gasteiger partial charge on any atom is 0.276 e. The Hall–Kier alpha value is -2.83. The molecule has 7 nitrogen and oxygen atoms in total. The molecule has 0 aliphatic heterocycles. The van der Waals surface area contributed by atoms with Crippen LogP contribution in [0.1, 0.15) is 16.1 Å². The third-order valence-corrected chi connectivity index (χ3v) is 3.00. The van der Waals surface area contributed by atoms with Crippen LogP contribution in [0.2, 0.25) is 0 Å². The van der Waals surface area contributed by atoms with Crippen molar-refractivity contribution in [2.45, 2.75) is 0 Å². The van der Waals surface area contributed by atoms with Crippen molar-refractivity contribution in [1.82, 2.24) is 9.55 Å². The molecule has 0 atom stereocenters. The van der Waals surface area contributed by atoms with E-state index in [1.807, 2.05) is 0 Å². The van der Waals surface area contributed by atoms with E-state index < -0.39 is 0 Å². The predicted octanol–water partition coefficient (Wildman–Crippen LogP) is 0.791. The van der Waals surface area contributed by atoms with Gasteiger partial charge in [-0.05, 0) is 24.3 Å². The molecular weight excluding hydrogens is 258 g/mol. The Morgan fingerprint density at radius 3 is 2.55 bits per heavy atom. The monoisotopic (exact) mass is 273 g/mol. The van der Waals surface area contributed by atoms with Gasteiger partial charge in [0.2, 0.25) is 0 Å². The van der Waals surface area contributed by atoms with Crippen LogP contribution in [0.15, 0.2) is 41.9 Å². The smallest absolute Gasteiger partial charge is 0.276 e. The molecule has 7 heteroatoms. The number of imidazole rings is 1. The summed E-state index contributed by atoms with van der Waals surface area (Å²) >= 11 is 0. The van der Waals surface area contributed by atoms with Crippen molar-refractivity contribution in [3.8, 4) is 0 Å². The summed E-state index contributed by atoms with van der Waals surface area (Å²) < 4.78 is 1.66. The van der Waals surface area contributed by atoms with Crippen molar-refractivity contribution < 1.29 is 10.0 Å². The molecule has 0 unspecified atom stereocenters. The summed E-state index contributed by atoms with van der Waals surface area (Å²) in [6.07, 6.45) is 3.09. The van der Waals surface area contributed by atoms with E-state index in [0.29, 0.717) is 16.9 Å². The number of benzene rings is 1. The molecule has 20 heavy (non-hydrogen) atoms. The van der Waals surface area contributed by atoms with Gasteiger partial charge >= 0.3 is 0 Å². The Morgan fingerprint density at radius 1 is 1.40 bits per heavy atom. The van der Waals surface area contributed by atoms with Gasteiger partial charge in [0.15, 0.2) is 5.84 Å². The van der Waals surface area contributed by atoms with Crippen molar-refractivity contribution in [1.29, 1.82) is 0 Å². The second-order valence-corrected chi connectivity index (χ2v) is 4.29. The molecule has 0 aliphatic carbocycles. The van der Waals surface area contributed by atoms with Crippen LogP contribution < -0.4 is 10.6 Å². The first-order valence-electron chi connectivity index (χ1n) is 5.87. The number of carbonyl (C=O) groups is 1. The number of amides is 1. The summed E-state index contributed by atoms with van der Waals surface area (Å²) in [5, 5.41) is 11.5. The highest BCUT2D eigenvalue weighted by Crippen LogP contribution is 2.16. The van der Waals surface area contributed by atoms with Gasteiger partial charge in [0.25, 0.3) is 5.91 Å². The molecule has 1 aromatic carbocycles. The van der Waals surface area contributed by atoms with Crippen LogP contribution in [0.25, 0.3) is 0 Å². The Morgan fingerprint density at radius 2 is 2.05 bits per heavy atom. The van der Waals surface area contributed by atoms with Crippen molar-refractivity contribution in [2.75, 3.05) is 11.9 Å². The maximum absolute atomic E-state index is 12.3. The number of nitrogens with two attached hydrogens (primary N) is 1. The average Bonchev–Trinajstić information content (AvgIpc) is 2.91. The van der Waals surface area contributed by atoms with Gasteiger partial charge in [0.05, 0.1) is 12.5 Å². The minimum absolute atomic E-state index is 0.0252. The summed E-state index contributed by atoms with van der Waals surface area (Å²) in [6.45, 7) is 0. The lowest BCUT2D eigenvalue weighted by atomic mass is 10.2. The number of hydrogen-bond acceptors (Lipinski definition) is 4. The van der Waals surface area contributed by atoms with Gasteiger partial charge in [0.1, 0.15) is 5.69 Å². The number of amidine groups is 1. The summed E-state index contributed by atoms with van der Waals surface area (Å²) in [5.74, 6) is -0.140. The van der Waals surface area contributed by atoms with E-state index in [1.165, 1.54) is 11.1 Å². The Kier molecular flexibility index (Phi) is 3.69. The van der Waals surface area contributed by atoms with Gasteiger partial charge in [-0.15, -0.1) is 0 Å². The van der Waals surface area contributed by atoms with Crippen LogP contribution in [0.5, 0.6) is 0 Å². The van der Waals surface area contributed by atoms with Crippen LogP contribution in [-0.4, -0.2) is 33.5 Å². The fourth-order valence-electron chi connectivity index (χ4n) is 1.77. The molecule has 1 heterocycles. The van der Waals surface area contributed by atoms with Gasteiger partial charge in [0, 0.05) is 25.3 Å². The minimum Gasteiger partial charge on any atom is -0.409 e. The molecule has 0 bridgehead atoms. The van der Waals surface area contributed by atoms with E-state index in [9.17, 15) is 4.79 Å². The highest BCUT2D eigenvalue weighted by atomic mass is 16.4. The van der Waals surface area contributed by atoms with Crippen molar-refractivity contribution in [3.63, 3.8) is 0 Å². The molecule has 1 amide bonds. The number of oxime groups is 1. The van der Waals surface area contributed by atoms with Crippen LogP contribution in [-0.2, 0) is 7.05 Å². The Labute approximate surface area is 115 Å². The third kappa shape index (κ3) is 2.46. The van der Waals surface area contributed by atoms with Gasteiger partial charge < -0.3 is 20.4 Å². The second kappa shape index (κ2) is 5.43. The zero-order chi connectivity index (χ0) is 14.7. The summed E-state index contributed by atoms with van der Waals surface area (Å²) in [4.78, 5) is 17.7. The van der Waals surface area contributed by atoms with Crippen LogP contribution in [0, 0.1) is 0 Å². The molecule has 1 aromatic heterocycles. The topological polar surface area (TPSA) is 96.7 Å². The van der Waals surface area contributed by atoms with Crippen LogP contribution >= 0.6 is 0 Å². The molecule has 0 fully saturated rings. The Balaban J connectivity index is 2.24. The van der Waals surface area contributed by atoms with Gasteiger partial charge in [-0.3, -0.25) is 4.79 Å². The van der Waals surface area contributed by atoms with Crippen molar-refractivity contribution in [2.24, 2.45) is 17.9 Å². The molecule has 0 saturated heterocycles. The zero-order valence-corrected chi connectivity index (χ0v) is 11.2. The number of aromatic nitrogens is 2. The number of nitrogens with zero attached hydrogens (tertiary/aromatic N) is 4. The number of hydrogen-bond donors (Lipinski definition) is 2. The number of carbonyl (C=O) groups excluding carboxylic acids is 1. The van der Waals surface area contributed by atoms with E-state index in [2.05, 4.69) is 10.1 Å². The van der Waals surface area contributed by atoms with E-state index in [-0.39, 0.29) is 11.7 Å². The van der Waals surface area contributed by atoms with Gasteiger partial charge in [-0.1, -0.05) is 5.16 Å². The predicted molar refractivity (Wildman–Crippen MR) is 74.9 cm³/mol. The molecule has 3 N–H and O–H groups in total. The first-order valence-corrected chi connectivity index (χ1v) is 5.87. The lowest BCUT2D eigenvalue weighted by Gasteiger charge is -2.17. The molecule has 0 saturated carbocycles. The van der Waals surface area contributed by atoms with E-state index in [0.717, 1.165) is 0 Å². The second-order valence-electron chi connectivity index (χ2n) is 4.29. The fraction of sp³-hybridized carbons (Fsp3) is 0.154. The summed E-state index contributed by atoms with van der Waals surface area (Å²) in [7, 11) is 3.43. The van der Waals surface area contributed by atoms with Crippen LogP contribution in [0.4, 0.5) is 5.69 Å². The minimum atomic E-state index is -0.165. The fourth-order valence-corrected chi connectivity index (χ4v) is 1.77. The summed E-state index contributed by atoms with van der Waals surface area (Å²) in [5.41, 5.74) is 7.26. The standard InChI is InChI=1S/C13H15N5O2/c1-17-8-15-7-11(17)13(19)18(2)10-5-3-9(4-6-10)12(14)16-20/h3-8,20H,1-2H3,(H2,14,16). The SMILES string of the molecule is CN(C(=O)c1cncn1C)c1ccc(/C(N)=N/O)cc1. The Bertz CT molecular complexity index is 645. The number of rotatable bonds is 3. The third-order valence-electron chi connectivity index (χ3n) is 3.00. The molecular formula is C13H15N5O2. The lowest BCUT2D eigenvalue weighted by Crippen LogP contribution is -2.28. The first-order chi connectivity index (χ1) is 9.54. The van der Waals surface area contributed by atoms with Crippen molar-refractivity contribution in [3.05, 3.63) is 48.0 Å². The lowest BCUT2D eigenvalue weighted by molar-refractivity contribution is 0.0985. The molecule has 0 spiro atoms. The number of aryl methyl sites for hydroxylation is 1. The largest absolute Gasteiger partial charge is 0.409 e. The molecule has 104 valence electrons. The first kappa shape index (κ1) is 13.6. The van der Waals surface area contributed by atoms with Crippen LogP contribution in [0.3, 0.4) is 0 Å².